The van der Waals surface area contributed by atoms with Crippen LogP contribution < -0.4 is 0 Å². The van der Waals surface area contributed by atoms with Crippen molar-refractivity contribution in [2.75, 3.05) is 6.61 Å². The van der Waals surface area contributed by atoms with Crippen molar-refractivity contribution in [2.45, 2.75) is 48.9 Å². The third kappa shape index (κ3) is 1.92. The highest BCUT2D eigenvalue weighted by molar-refractivity contribution is 14.1. The molecule has 0 radical (unpaired) electrons. The van der Waals surface area contributed by atoms with Crippen molar-refractivity contribution in [3.05, 3.63) is 0 Å². The van der Waals surface area contributed by atoms with Gasteiger partial charge < -0.3 is 4.74 Å². The summed E-state index contributed by atoms with van der Waals surface area (Å²) in [6.45, 7) is 2.37. The Balaban J connectivity index is 1.58. The topological polar surface area (TPSA) is 26.3 Å². The van der Waals surface area contributed by atoms with E-state index in [1.54, 1.807) is 0 Å². The second kappa shape index (κ2) is 3.65. The lowest BCUT2D eigenvalue weighted by atomic mass is 9.43. The van der Waals surface area contributed by atoms with Gasteiger partial charge in [0.1, 0.15) is 0 Å². The maximum absolute atomic E-state index is 11.1. The second-order valence-electron chi connectivity index (χ2n) is 4.84. The quantitative estimate of drug-likeness (QED) is 0.443. The molecule has 0 aromatic carbocycles. The number of carbonyl (C=O) groups is 1. The SMILES string of the molecule is CCOC(=O)CCCC12CC(I)(C1)C2. The van der Waals surface area contributed by atoms with Gasteiger partial charge in [-0.15, -0.1) is 0 Å². The zero-order chi connectivity index (χ0) is 10.2. The average Bonchev–Trinajstić information content (AvgIpc) is 1.99. The minimum atomic E-state index is -0.0247. The van der Waals surface area contributed by atoms with Gasteiger partial charge in [0.2, 0.25) is 0 Å². The van der Waals surface area contributed by atoms with Crippen molar-refractivity contribution in [3.63, 3.8) is 0 Å². The summed E-state index contributed by atoms with van der Waals surface area (Å²) < 4.78 is 5.57. The van der Waals surface area contributed by atoms with Crippen LogP contribution in [-0.4, -0.2) is 16.0 Å². The first kappa shape index (κ1) is 10.7. The third-order valence-corrected chi connectivity index (χ3v) is 4.61. The maximum atomic E-state index is 11.1. The maximum Gasteiger partial charge on any atom is 0.305 e. The van der Waals surface area contributed by atoms with Crippen LogP contribution in [0.2, 0.25) is 0 Å². The molecule has 2 bridgehead atoms. The lowest BCUT2D eigenvalue weighted by molar-refractivity contribution is -0.143. The average molecular weight is 308 g/mol. The summed E-state index contributed by atoms with van der Waals surface area (Å²) in [5, 5.41) is 0. The first-order valence-electron chi connectivity index (χ1n) is 5.42. The number of halogens is 1. The monoisotopic (exact) mass is 308 g/mol. The lowest BCUT2D eigenvalue weighted by Gasteiger charge is -2.68. The molecule has 3 aliphatic carbocycles. The molecule has 0 atom stereocenters. The number of rotatable bonds is 5. The molecule has 0 spiro atoms. The van der Waals surface area contributed by atoms with E-state index < -0.39 is 0 Å². The van der Waals surface area contributed by atoms with Gasteiger partial charge in [0.25, 0.3) is 0 Å². The van der Waals surface area contributed by atoms with Gasteiger partial charge in [-0.3, -0.25) is 4.79 Å². The van der Waals surface area contributed by atoms with Crippen LogP contribution in [0.5, 0.6) is 0 Å². The van der Waals surface area contributed by atoms with E-state index >= 15 is 0 Å². The van der Waals surface area contributed by atoms with Crippen molar-refractivity contribution in [1.29, 1.82) is 0 Å². The van der Waals surface area contributed by atoms with Crippen LogP contribution in [0.3, 0.4) is 0 Å². The molecule has 14 heavy (non-hydrogen) atoms. The fraction of sp³-hybridized carbons (Fsp3) is 0.909. The molecule has 0 heterocycles. The number of hydrogen-bond donors (Lipinski definition) is 0. The Morgan fingerprint density at radius 3 is 2.57 bits per heavy atom. The van der Waals surface area contributed by atoms with E-state index in [0.29, 0.717) is 21.9 Å². The predicted octanol–water partition coefficient (Wildman–Crippen LogP) is 3.08. The Morgan fingerprint density at radius 1 is 1.43 bits per heavy atom. The number of ether oxygens (including phenoxy) is 1. The molecule has 80 valence electrons. The second-order valence-corrected chi connectivity index (χ2v) is 7.13. The van der Waals surface area contributed by atoms with E-state index in [1.165, 1.54) is 25.7 Å². The molecule has 0 amide bonds. The van der Waals surface area contributed by atoms with Crippen LogP contribution >= 0.6 is 22.6 Å². The standard InChI is InChI=1S/C11H17IO2/c1-2-14-9(13)4-3-5-10-6-11(12,7-10)8-10/h2-8H2,1H3. The zero-order valence-corrected chi connectivity index (χ0v) is 10.8. The Labute approximate surface area is 98.9 Å². The minimum Gasteiger partial charge on any atom is -0.466 e. The first-order valence-corrected chi connectivity index (χ1v) is 6.50. The highest BCUT2D eigenvalue weighted by Gasteiger charge is 2.65. The van der Waals surface area contributed by atoms with E-state index in [-0.39, 0.29) is 5.97 Å². The number of hydrogen-bond acceptors (Lipinski definition) is 2. The summed E-state index contributed by atoms with van der Waals surface area (Å²) in [7, 11) is 0. The van der Waals surface area contributed by atoms with Gasteiger partial charge in [-0.05, 0) is 44.4 Å². The molecule has 0 aromatic rings. The van der Waals surface area contributed by atoms with Gasteiger partial charge >= 0.3 is 5.97 Å². The van der Waals surface area contributed by atoms with Gasteiger partial charge in [-0.1, -0.05) is 22.6 Å². The van der Waals surface area contributed by atoms with E-state index in [1.807, 2.05) is 6.92 Å². The smallest absolute Gasteiger partial charge is 0.305 e. The summed E-state index contributed by atoms with van der Waals surface area (Å²) in [5.41, 5.74) is 0.647. The Morgan fingerprint density at radius 2 is 2.07 bits per heavy atom. The van der Waals surface area contributed by atoms with Crippen LogP contribution in [0.4, 0.5) is 0 Å². The molecule has 2 nitrogen and oxygen atoms in total. The van der Waals surface area contributed by atoms with Crippen LogP contribution in [0.15, 0.2) is 0 Å². The third-order valence-electron chi connectivity index (χ3n) is 3.47. The molecule has 0 N–H and O–H groups in total. The number of alkyl halides is 1. The van der Waals surface area contributed by atoms with Gasteiger partial charge in [-0.25, -0.2) is 0 Å². The molecule has 0 saturated heterocycles. The molecular formula is C11H17IO2. The zero-order valence-electron chi connectivity index (χ0n) is 8.64. The summed E-state index contributed by atoms with van der Waals surface area (Å²) in [4.78, 5) is 11.1. The highest BCUT2D eigenvalue weighted by atomic mass is 127. The summed E-state index contributed by atoms with van der Waals surface area (Å²) in [5.74, 6) is -0.0247. The normalized spacial score (nSPS) is 38.4. The van der Waals surface area contributed by atoms with Crippen LogP contribution in [0.25, 0.3) is 0 Å². The van der Waals surface area contributed by atoms with Crippen LogP contribution in [-0.2, 0) is 9.53 Å². The van der Waals surface area contributed by atoms with E-state index in [0.717, 1.165) is 6.42 Å². The van der Waals surface area contributed by atoms with Crippen molar-refractivity contribution in [3.8, 4) is 0 Å². The van der Waals surface area contributed by atoms with Gasteiger partial charge in [0, 0.05) is 9.84 Å². The molecule has 0 aliphatic heterocycles. The Kier molecular flexibility index (Phi) is 2.79. The van der Waals surface area contributed by atoms with Gasteiger partial charge in [0.15, 0.2) is 0 Å². The molecular weight excluding hydrogens is 291 g/mol. The first-order chi connectivity index (χ1) is 6.58. The van der Waals surface area contributed by atoms with E-state index in [4.69, 9.17) is 4.74 Å². The predicted molar refractivity (Wildman–Crippen MR) is 63.5 cm³/mol. The molecule has 0 aromatic heterocycles. The van der Waals surface area contributed by atoms with E-state index in [9.17, 15) is 4.79 Å². The molecule has 3 heteroatoms. The minimum absolute atomic E-state index is 0.0247. The highest BCUT2D eigenvalue weighted by Crippen LogP contribution is 2.73. The largest absolute Gasteiger partial charge is 0.466 e. The van der Waals surface area contributed by atoms with Crippen molar-refractivity contribution in [2.24, 2.45) is 5.41 Å². The lowest BCUT2D eigenvalue weighted by Crippen LogP contribution is -2.62. The molecule has 3 rings (SSSR count). The summed E-state index contributed by atoms with van der Waals surface area (Å²) in [6.07, 6.45) is 7.04. The fourth-order valence-electron chi connectivity index (χ4n) is 2.97. The summed E-state index contributed by atoms with van der Waals surface area (Å²) >= 11 is 2.59. The Bertz CT molecular complexity index is 230. The number of esters is 1. The van der Waals surface area contributed by atoms with Gasteiger partial charge in [0.05, 0.1) is 6.61 Å². The Hall–Kier alpha value is 0.200. The fourth-order valence-corrected chi connectivity index (χ4v) is 5.39. The summed E-state index contributed by atoms with van der Waals surface area (Å²) in [6, 6.07) is 0. The van der Waals surface area contributed by atoms with E-state index in [2.05, 4.69) is 22.6 Å². The number of carbonyl (C=O) groups excluding carboxylic acids is 1. The van der Waals surface area contributed by atoms with Crippen molar-refractivity contribution >= 4 is 28.6 Å². The van der Waals surface area contributed by atoms with Crippen molar-refractivity contribution in [1.82, 2.24) is 0 Å². The molecule has 3 aliphatic rings. The van der Waals surface area contributed by atoms with Crippen LogP contribution in [0.1, 0.15) is 45.4 Å². The van der Waals surface area contributed by atoms with Gasteiger partial charge in [-0.2, -0.15) is 0 Å². The molecule has 3 saturated carbocycles. The van der Waals surface area contributed by atoms with Crippen LogP contribution in [0, 0.1) is 5.41 Å². The molecule has 0 unspecified atom stereocenters. The molecule has 3 fully saturated rings. The van der Waals surface area contributed by atoms with Crippen molar-refractivity contribution < 1.29 is 9.53 Å².